The van der Waals surface area contributed by atoms with Crippen molar-refractivity contribution in [2.45, 2.75) is 18.9 Å². The van der Waals surface area contributed by atoms with E-state index in [-0.39, 0.29) is 12.0 Å². The minimum atomic E-state index is -0.108. The van der Waals surface area contributed by atoms with E-state index in [1.54, 1.807) is 7.11 Å². The molecule has 13 heavy (non-hydrogen) atoms. The Balaban J connectivity index is 2.17. The van der Waals surface area contributed by atoms with Gasteiger partial charge in [0.05, 0.1) is 7.11 Å². The van der Waals surface area contributed by atoms with Crippen LogP contribution in [0.25, 0.3) is 0 Å². The lowest BCUT2D eigenvalue weighted by Gasteiger charge is -2.38. The Morgan fingerprint density at radius 3 is 2.77 bits per heavy atom. The van der Waals surface area contributed by atoms with Gasteiger partial charge >= 0.3 is 5.97 Å². The van der Waals surface area contributed by atoms with E-state index in [0.29, 0.717) is 0 Å². The van der Waals surface area contributed by atoms with E-state index >= 15 is 0 Å². The highest BCUT2D eigenvalue weighted by atomic mass is 16.5. The first-order valence-electron chi connectivity index (χ1n) is 4.60. The normalized spacial score (nSPS) is 22.5. The highest BCUT2D eigenvalue weighted by molar-refractivity contribution is 5.76. The fourth-order valence-electron chi connectivity index (χ4n) is 1.52. The molecule has 4 heteroatoms. The minimum absolute atomic E-state index is 0.00172. The number of esters is 1. The second kappa shape index (κ2) is 5.19. The molecule has 1 unspecified atom stereocenters. The zero-order valence-corrected chi connectivity index (χ0v) is 8.28. The quantitative estimate of drug-likeness (QED) is 0.457. The van der Waals surface area contributed by atoms with Crippen LogP contribution >= 0.6 is 0 Å². The third kappa shape index (κ3) is 2.67. The van der Waals surface area contributed by atoms with Gasteiger partial charge in [0.25, 0.3) is 0 Å². The second-order valence-electron chi connectivity index (χ2n) is 3.21. The molecule has 1 atom stereocenters. The number of hydrogen-bond donors (Lipinski definition) is 0. The highest BCUT2D eigenvalue weighted by Gasteiger charge is 2.34. The Bertz CT molecular complexity index is 172. The van der Waals surface area contributed by atoms with Gasteiger partial charge in [-0.1, -0.05) is 0 Å². The third-order valence-corrected chi connectivity index (χ3v) is 2.40. The molecule has 0 amide bonds. The molecule has 4 nitrogen and oxygen atoms in total. The van der Waals surface area contributed by atoms with E-state index in [9.17, 15) is 4.79 Å². The average molecular weight is 187 g/mol. The summed E-state index contributed by atoms with van der Waals surface area (Å²) in [7, 11) is 3.13. The molecule has 0 aromatic carbocycles. The average Bonchev–Trinajstić information content (AvgIpc) is 2.10. The summed E-state index contributed by atoms with van der Waals surface area (Å²) >= 11 is 0. The Kier molecular flexibility index (Phi) is 4.18. The SMILES string of the molecule is COCCCN1CCC1C(=O)OC. The first-order chi connectivity index (χ1) is 6.29. The molecule has 1 aliphatic heterocycles. The molecule has 1 fully saturated rings. The maximum atomic E-state index is 11.1. The van der Waals surface area contributed by atoms with Crippen LogP contribution < -0.4 is 0 Å². The largest absolute Gasteiger partial charge is 0.468 e. The van der Waals surface area contributed by atoms with Crippen molar-refractivity contribution in [3.8, 4) is 0 Å². The van der Waals surface area contributed by atoms with Gasteiger partial charge in [0.2, 0.25) is 0 Å². The molecule has 0 bridgehead atoms. The van der Waals surface area contributed by atoms with Crippen LogP contribution in [0, 0.1) is 0 Å². The van der Waals surface area contributed by atoms with Crippen LogP contribution in [0.15, 0.2) is 0 Å². The van der Waals surface area contributed by atoms with E-state index in [2.05, 4.69) is 9.64 Å². The number of nitrogens with zero attached hydrogens (tertiary/aromatic N) is 1. The molecular formula is C9H17NO3. The third-order valence-electron chi connectivity index (χ3n) is 2.40. The minimum Gasteiger partial charge on any atom is -0.468 e. The molecule has 0 aromatic rings. The smallest absolute Gasteiger partial charge is 0.323 e. The number of carbonyl (C=O) groups is 1. The van der Waals surface area contributed by atoms with Crippen LogP contribution in [0.4, 0.5) is 0 Å². The van der Waals surface area contributed by atoms with E-state index in [1.165, 1.54) is 7.11 Å². The second-order valence-corrected chi connectivity index (χ2v) is 3.21. The Morgan fingerprint density at radius 1 is 1.54 bits per heavy atom. The molecule has 1 heterocycles. The lowest BCUT2D eigenvalue weighted by atomic mass is 10.0. The Morgan fingerprint density at radius 2 is 2.31 bits per heavy atom. The fourth-order valence-corrected chi connectivity index (χ4v) is 1.52. The van der Waals surface area contributed by atoms with Crippen molar-refractivity contribution in [3.63, 3.8) is 0 Å². The molecule has 0 spiro atoms. The van der Waals surface area contributed by atoms with Crippen LogP contribution in [-0.2, 0) is 14.3 Å². The van der Waals surface area contributed by atoms with Crippen molar-refractivity contribution in [3.05, 3.63) is 0 Å². The van der Waals surface area contributed by atoms with Crippen molar-refractivity contribution in [1.29, 1.82) is 0 Å². The summed E-state index contributed by atoms with van der Waals surface area (Å²) in [6, 6.07) is 0.00172. The number of hydrogen-bond acceptors (Lipinski definition) is 4. The van der Waals surface area contributed by atoms with E-state index in [4.69, 9.17) is 4.74 Å². The summed E-state index contributed by atoms with van der Waals surface area (Å²) < 4.78 is 9.62. The number of likely N-dealkylation sites (tertiary alicyclic amines) is 1. The summed E-state index contributed by atoms with van der Waals surface area (Å²) in [5.74, 6) is -0.108. The number of ether oxygens (including phenoxy) is 2. The van der Waals surface area contributed by atoms with Crippen molar-refractivity contribution in [2.75, 3.05) is 33.9 Å². The molecule has 1 saturated heterocycles. The maximum Gasteiger partial charge on any atom is 0.323 e. The number of methoxy groups -OCH3 is 2. The zero-order chi connectivity index (χ0) is 9.68. The molecule has 0 N–H and O–H groups in total. The topological polar surface area (TPSA) is 38.8 Å². The first-order valence-corrected chi connectivity index (χ1v) is 4.60. The van der Waals surface area contributed by atoms with Gasteiger partial charge < -0.3 is 9.47 Å². The summed E-state index contributed by atoms with van der Waals surface area (Å²) in [6.07, 6.45) is 1.91. The van der Waals surface area contributed by atoms with Crippen molar-refractivity contribution < 1.29 is 14.3 Å². The van der Waals surface area contributed by atoms with Crippen LogP contribution in [0.1, 0.15) is 12.8 Å². The molecule has 0 radical (unpaired) electrons. The number of rotatable bonds is 5. The molecule has 1 aliphatic rings. The first kappa shape index (κ1) is 10.5. The molecular weight excluding hydrogens is 170 g/mol. The van der Waals surface area contributed by atoms with Crippen LogP contribution in [-0.4, -0.2) is 50.8 Å². The van der Waals surface area contributed by atoms with Gasteiger partial charge in [0.15, 0.2) is 0 Å². The van der Waals surface area contributed by atoms with Gasteiger partial charge in [-0.15, -0.1) is 0 Å². The molecule has 0 aliphatic carbocycles. The van der Waals surface area contributed by atoms with Crippen LogP contribution in [0.5, 0.6) is 0 Å². The molecule has 0 saturated carbocycles. The van der Waals surface area contributed by atoms with Gasteiger partial charge in [0, 0.05) is 26.8 Å². The summed E-state index contributed by atoms with van der Waals surface area (Å²) in [5, 5.41) is 0. The molecule has 1 rings (SSSR count). The zero-order valence-electron chi connectivity index (χ0n) is 8.28. The van der Waals surface area contributed by atoms with Crippen molar-refractivity contribution in [2.24, 2.45) is 0 Å². The lowest BCUT2D eigenvalue weighted by molar-refractivity contribution is -0.152. The van der Waals surface area contributed by atoms with Crippen molar-refractivity contribution in [1.82, 2.24) is 4.90 Å². The highest BCUT2D eigenvalue weighted by Crippen LogP contribution is 2.18. The van der Waals surface area contributed by atoms with E-state index in [0.717, 1.165) is 32.5 Å². The van der Waals surface area contributed by atoms with Gasteiger partial charge in [0.1, 0.15) is 6.04 Å². The van der Waals surface area contributed by atoms with E-state index in [1.807, 2.05) is 0 Å². The molecule has 0 aromatic heterocycles. The predicted molar refractivity (Wildman–Crippen MR) is 48.5 cm³/mol. The standard InChI is InChI=1S/C9H17NO3/c1-12-7-3-5-10-6-4-8(10)9(11)13-2/h8H,3-7H2,1-2H3. The van der Waals surface area contributed by atoms with Crippen molar-refractivity contribution >= 4 is 5.97 Å². The van der Waals surface area contributed by atoms with Crippen LogP contribution in [0.2, 0.25) is 0 Å². The number of carbonyl (C=O) groups excluding carboxylic acids is 1. The predicted octanol–water partition coefficient (Wildman–Crippen LogP) is 0.270. The summed E-state index contributed by atoms with van der Waals surface area (Å²) in [6.45, 7) is 2.68. The lowest BCUT2D eigenvalue weighted by Crippen LogP contribution is -2.53. The monoisotopic (exact) mass is 187 g/mol. The summed E-state index contributed by atoms with van der Waals surface area (Å²) in [5.41, 5.74) is 0. The van der Waals surface area contributed by atoms with Gasteiger partial charge in [-0.25, -0.2) is 0 Å². The van der Waals surface area contributed by atoms with Gasteiger partial charge in [-0.3, -0.25) is 9.69 Å². The summed E-state index contributed by atoms with van der Waals surface area (Å²) in [4.78, 5) is 13.3. The fraction of sp³-hybridized carbons (Fsp3) is 0.889. The van der Waals surface area contributed by atoms with Gasteiger partial charge in [-0.2, -0.15) is 0 Å². The Hall–Kier alpha value is -0.610. The van der Waals surface area contributed by atoms with Gasteiger partial charge in [-0.05, 0) is 12.8 Å². The molecule has 76 valence electrons. The Labute approximate surface area is 78.8 Å². The van der Waals surface area contributed by atoms with Crippen LogP contribution in [0.3, 0.4) is 0 Å². The van der Waals surface area contributed by atoms with E-state index < -0.39 is 0 Å². The maximum absolute atomic E-state index is 11.1.